The van der Waals surface area contributed by atoms with E-state index in [4.69, 9.17) is 15.7 Å². The minimum atomic E-state index is 0.0685. The molecule has 0 heterocycles. The van der Waals surface area contributed by atoms with E-state index in [9.17, 15) is 0 Å². The van der Waals surface area contributed by atoms with Crippen molar-refractivity contribution in [2.24, 2.45) is 16.3 Å². The van der Waals surface area contributed by atoms with E-state index < -0.39 is 0 Å². The van der Waals surface area contributed by atoms with Gasteiger partial charge in [0.25, 0.3) is 0 Å². The number of benzene rings is 1. The van der Waals surface area contributed by atoms with Crippen molar-refractivity contribution in [3.8, 4) is 5.75 Å². The Morgan fingerprint density at radius 3 is 2.35 bits per heavy atom. The zero-order valence-corrected chi connectivity index (χ0v) is 12.5. The average molecular weight is 276 g/mol. The minimum Gasteiger partial charge on any atom is -0.493 e. The molecule has 0 bridgehead atoms. The van der Waals surface area contributed by atoms with Crippen LogP contribution in [0.2, 0.25) is 0 Å². The number of hydrogen-bond donors (Lipinski definition) is 2. The molecule has 0 radical (unpaired) electrons. The maximum atomic E-state index is 8.64. The van der Waals surface area contributed by atoms with E-state index in [0.717, 1.165) is 18.6 Å². The van der Waals surface area contributed by atoms with Crippen LogP contribution in [0.5, 0.6) is 5.75 Å². The molecule has 0 spiro atoms. The van der Waals surface area contributed by atoms with Crippen LogP contribution < -0.4 is 10.5 Å². The van der Waals surface area contributed by atoms with Crippen molar-refractivity contribution in [1.82, 2.24) is 0 Å². The van der Waals surface area contributed by atoms with Gasteiger partial charge in [-0.05, 0) is 36.0 Å². The molecule has 3 N–H and O–H groups in total. The fraction of sp³-hybridized carbons (Fsp3) is 0.562. The van der Waals surface area contributed by atoms with Crippen LogP contribution in [-0.4, -0.2) is 17.6 Å². The third kappa shape index (κ3) is 3.65. The zero-order chi connectivity index (χ0) is 14.8. The van der Waals surface area contributed by atoms with Gasteiger partial charge in [-0.2, -0.15) is 0 Å². The lowest BCUT2D eigenvalue weighted by Crippen LogP contribution is -2.22. The first-order valence-electron chi connectivity index (χ1n) is 7.04. The van der Waals surface area contributed by atoms with Crippen LogP contribution in [0.3, 0.4) is 0 Å². The highest BCUT2D eigenvalue weighted by molar-refractivity contribution is 5.80. The fourth-order valence-electron chi connectivity index (χ4n) is 2.26. The number of amidine groups is 1. The van der Waals surface area contributed by atoms with Gasteiger partial charge in [-0.25, -0.2) is 0 Å². The molecule has 0 amide bonds. The summed E-state index contributed by atoms with van der Waals surface area (Å²) >= 11 is 0. The van der Waals surface area contributed by atoms with Crippen LogP contribution in [0.4, 0.5) is 0 Å². The van der Waals surface area contributed by atoms with Gasteiger partial charge in [-0.1, -0.05) is 38.1 Å². The summed E-state index contributed by atoms with van der Waals surface area (Å²) in [5.74, 6) is 1.16. The summed E-state index contributed by atoms with van der Waals surface area (Å²) in [6.45, 7) is 7.20. The zero-order valence-electron chi connectivity index (χ0n) is 12.5. The SMILES string of the molecule is CC(C)(C)c1ccc(OCC2(CC(N)=NO)CC2)cc1. The molecular weight excluding hydrogens is 252 g/mol. The highest BCUT2D eigenvalue weighted by Gasteiger charge is 2.44. The summed E-state index contributed by atoms with van der Waals surface area (Å²) in [5, 5.41) is 11.7. The second kappa shape index (κ2) is 5.35. The van der Waals surface area contributed by atoms with Gasteiger partial charge < -0.3 is 15.7 Å². The summed E-state index contributed by atoms with van der Waals surface area (Å²) in [6.07, 6.45) is 2.75. The first kappa shape index (κ1) is 14.7. The molecule has 1 fully saturated rings. The second-order valence-electron chi connectivity index (χ2n) is 6.83. The number of ether oxygens (including phenoxy) is 1. The Morgan fingerprint density at radius 1 is 1.30 bits per heavy atom. The minimum absolute atomic E-state index is 0.0685. The smallest absolute Gasteiger partial charge is 0.139 e. The summed E-state index contributed by atoms with van der Waals surface area (Å²) in [5.41, 5.74) is 7.10. The van der Waals surface area contributed by atoms with Gasteiger partial charge in [0.1, 0.15) is 11.6 Å². The van der Waals surface area contributed by atoms with Crippen LogP contribution in [0.25, 0.3) is 0 Å². The van der Waals surface area contributed by atoms with E-state index >= 15 is 0 Å². The molecule has 0 saturated heterocycles. The molecule has 0 aromatic heterocycles. The van der Waals surface area contributed by atoms with Crippen LogP contribution >= 0.6 is 0 Å². The Balaban J connectivity index is 1.92. The Morgan fingerprint density at radius 2 is 1.90 bits per heavy atom. The summed E-state index contributed by atoms with van der Waals surface area (Å²) in [6, 6.07) is 8.25. The molecule has 4 nitrogen and oxygen atoms in total. The molecule has 0 unspecified atom stereocenters. The first-order valence-corrected chi connectivity index (χ1v) is 7.04. The van der Waals surface area contributed by atoms with Gasteiger partial charge in [0, 0.05) is 11.8 Å². The molecule has 4 heteroatoms. The average Bonchev–Trinajstić information content (AvgIpc) is 3.16. The normalized spacial score (nSPS) is 17.9. The molecule has 0 atom stereocenters. The maximum Gasteiger partial charge on any atom is 0.139 e. The van der Waals surface area contributed by atoms with Gasteiger partial charge in [-0.3, -0.25) is 0 Å². The van der Waals surface area contributed by atoms with E-state index in [-0.39, 0.29) is 16.7 Å². The Labute approximate surface area is 120 Å². The summed E-state index contributed by atoms with van der Waals surface area (Å²) < 4.78 is 5.85. The van der Waals surface area contributed by atoms with Crippen LogP contribution in [-0.2, 0) is 5.41 Å². The standard InChI is InChI=1S/C16H24N2O2/c1-15(2,3)12-4-6-13(7-5-12)20-11-16(8-9-16)10-14(17)18-19/h4-7,19H,8-11H2,1-3H3,(H2,17,18). The molecule has 1 aromatic carbocycles. The maximum absolute atomic E-state index is 8.64. The van der Waals surface area contributed by atoms with E-state index in [1.807, 2.05) is 12.1 Å². The van der Waals surface area contributed by atoms with Gasteiger partial charge >= 0.3 is 0 Å². The highest BCUT2D eigenvalue weighted by atomic mass is 16.5. The van der Waals surface area contributed by atoms with Crippen LogP contribution in [0, 0.1) is 5.41 Å². The monoisotopic (exact) mass is 276 g/mol. The molecule has 1 aromatic rings. The third-order valence-corrected chi connectivity index (χ3v) is 3.91. The van der Waals surface area contributed by atoms with Crippen LogP contribution in [0.15, 0.2) is 29.4 Å². The topological polar surface area (TPSA) is 67.8 Å². The predicted octanol–water partition coefficient (Wildman–Crippen LogP) is 3.28. The molecular formula is C16H24N2O2. The summed E-state index contributed by atoms with van der Waals surface area (Å²) in [4.78, 5) is 0. The lowest BCUT2D eigenvalue weighted by Gasteiger charge is -2.20. The number of nitrogens with zero attached hydrogens (tertiary/aromatic N) is 1. The Bertz CT molecular complexity index is 482. The van der Waals surface area contributed by atoms with Crippen molar-refractivity contribution in [3.63, 3.8) is 0 Å². The molecule has 110 valence electrons. The van der Waals surface area contributed by atoms with Gasteiger partial charge in [0.05, 0.1) is 6.61 Å². The van der Waals surface area contributed by atoms with Crippen molar-refractivity contribution >= 4 is 5.84 Å². The number of rotatable bonds is 5. The van der Waals surface area contributed by atoms with E-state index in [1.165, 1.54) is 5.56 Å². The fourth-order valence-corrected chi connectivity index (χ4v) is 2.26. The number of nitrogens with two attached hydrogens (primary N) is 1. The van der Waals surface area contributed by atoms with Crippen molar-refractivity contribution < 1.29 is 9.94 Å². The van der Waals surface area contributed by atoms with Crippen molar-refractivity contribution in [2.75, 3.05) is 6.61 Å². The number of oxime groups is 1. The van der Waals surface area contributed by atoms with Crippen molar-refractivity contribution in [2.45, 2.75) is 45.4 Å². The lowest BCUT2D eigenvalue weighted by atomic mass is 9.87. The first-order chi connectivity index (χ1) is 9.35. The summed E-state index contributed by atoms with van der Waals surface area (Å²) in [7, 11) is 0. The molecule has 1 saturated carbocycles. The van der Waals surface area contributed by atoms with Gasteiger partial charge in [0.2, 0.25) is 0 Å². The number of hydrogen-bond acceptors (Lipinski definition) is 3. The Hall–Kier alpha value is -1.71. The lowest BCUT2D eigenvalue weighted by molar-refractivity contribution is 0.236. The van der Waals surface area contributed by atoms with E-state index in [2.05, 4.69) is 38.1 Å². The van der Waals surface area contributed by atoms with E-state index in [0.29, 0.717) is 13.0 Å². The molecule has 2 rings (SSSR count). The molecule has 1 aliphatic rings. The molecule has 0 aliphatic heterocycles. The second-order valence-corrected chi connectivity index (χ2v) is 6.83. The van der Waals surface area contributed by atoms with E-state index in [1.54, 1.807) is 0 Å². The Kier molecular flexibility index (Phi) is 3.93. The predicted molar refractivity (Wildman–Crippen MR) is 80.3 cm³/mol. The molecule has 1 aliphatic carbocycles. The van der Waals surface area contributed by atoms with Gasteiger partial charge in [0.15, 0.2) is 0 Å². The van der Waals surface area contributed by atoms with Gasteiger partial charge in [-0.15, -0.1) is 0 Å². The largest absolute Gasteiger partial charge is 0.493 e. The third-order valence-electron chi connectivity index (χ3n) is 3.91. The van der Waals surface area contributed by atoms with Crippen LogP contribution in [0.1, 0.15) is 45.6 Å². The molecule has 20 heavy (non-hydrogen) atoms. The quantitative estimate of drug-likeness (QED) is 0.375. The highest BCUT2D eigenvalue weighted by Crippen LogP contribution is 2.49. The van der Waals surface area contributed by atoms with Crippen molar-refractivity contribution in [1.29, 1.82) is 0 Å². The van der Waals surface area contributed by atoms with Crippen molar-refractivity contribution in [3.05, 3.63) is 29.8 Å².